The Bertz CT molecular complexity index is 345. The lowest BCUT2D eigenvalue weighted by atomic mass is 10.0. The van der Waals surface area contributed by atoms with E-state index < -0.39 is 23.6 Å². The summed E-state index contributed by atoms with van der Waals surface area (Å²) in [6.45, 7) is 4.80. The molecule has 0 bridgehead atoms. The molecule has 0 aliphatic carbocycles. The highest BCUT2D eigenvalue weighted by Crippen LogP contribution is 2.19. The van der Waals surface area contributed by atoms with Crippen LogP contribution in [-0.4, -0.2) is 30.7 Å². The molecule has 1 saturated heterocycles. The third-order valence-electron chi connectivity index (χ3n) is 2.02. The lowest BCUT2D eigenvalue weighted by Crippen LogP contribution is -2.62. The van der Waals surface area contributed by atoms with Crippen LogP contribution in [0.1, 0.15) is 6.92 Å². The summed E-state index contributed by atoms with van der Waals surface area (Å²) in [5, 5.41) is 4.23. The maximum absolute atomic E-state index is 11.5. The summed E-state index contributed by atoms with van der Waals surface area (Å²) in [6, 6.07) is -0.700. The van der Waals surface area contributed by atoms with Crippen molar-refractivity contribution in [2.75, 3.05) is 7.11 Å². The molecular formula is C8H11N3O5. The number of methoxy groups -OCH3 is 1. The van der Waals surface area contributed by atoms with Crippen molar-refractivity contribution in [2.45, 2.75) is 12.5 Å². The summed E-state index contributed by atoms with van der Waals surface area (Å²) in [4.78, 5) is 38.0. The van der Waals surface area contributed by atoms with Crippen molar-refractivity contribution < 1.29 is 24.0 Å². The lowest BCUT2D eigenvalue weighted by Gasteiger charge is -2.32. The lowest BCUT2D eigenvalue weighted by molar-refractivity contribution is -0.147. The Hall–Kier alpha value is -2.09. The second-order valence-electron chi connectivity index (χ2n) is 3.12. The van der Waals surface area contributed by atoms with Gasteiger partial charge in [0.1, 0.15) is 0 Å². The van der Waals surface area contributed by atoms with Crippen LogP contribution < -0.4 is 16.1 Å². The summed E-state index contributed by atoms with van der Waals surface area (Å²) in [5.41, 5.74) is 0.315. The normalized spacial score (nSPS) is 24.5. The molecule has 8 nitrogen and oxygen atoms in total. The van der Waals surface area contributed by atoms with Crippen LogP contribution in [0.25, 0.3) is 0 Å². The molecule has 0 aromatic carbocycles. The molecule has 0 saturated carbocycles. The van der Waals surface area contributed by atoms with Gasteiger partial charge < -0.3 is 10.1 Å². The molecule has 1 rings (SSSR count). The zero-order chi connectivity index (χ0) is 12.3. The van der Waals surface area contributed by atoms with Crippen LogP contribution in [0.15, 0.2) is 12.3 Å². The van der Waals surface area contributed by atoms with E-state index in [2.05, 4.69) is 16.6 Å². The van der Waals surface area contributed by atoms with Gasteiger partial charge in [0.25, 0.3) is 5.91 Å². The fourth-order valence-electron chi connectivity index (χ4n) is 0.940. The minimum Gasteiger partial charge on any atom is -0.451 e. The van der Waals surface area contributed by atoms with Crippen LogP contribution in [0.2, 0.25) is 0 Å². The highest BCUT2D eigenvalue weighted by molar-refractivity contribution is 6.04. The third-order valence-corrected chi connectivity index (χ3v) is 2.02. The van der Waals surface area contributed by atoms with Crippen LogP contribution in [0.5, 0.6) is 0 Å². The number of hydroxylamine groups is 1. The number of hydrogen-bond acceptors (Lipinski definition) is 5. The fraction of sp³-hybridized carbons (Fsp3) is 0.375. The number of carbonyl (C=O) groups is 3. The number of urea groups is 1. The van der Waals surface area contributed by atoms with Crippen molar-refractivity contribution in [1.29, 1.82) is 0 Å². The predicted molar refractivity (Wildman–Crippen MR) is 50.8 cm³/mol. The number of rotatable bonds is 2. The summed E-state index contributed by atoms with van der Waals surface area (Å²) in [7, 11) is 1.14. The van der Waals surface area contributed by atoms with Gasteiger partial charge in [-0.3, -0.25) is 10.1 Å². The molecule has 3 N–H and O–H groups in total. The van der Waals surface area contributed by atoms with Crippen LogP contribution >= 0.6 is 0 Å². The summed E-state index contributed by atoms with van der Waals surface area (Å²) in [6.07, 6.45) is -0.876. The smallest absolute Gasteiger partial charge is 0.431 e. The topological polar surface area (TPSA) is 106 Å². The molecule has 0 aromatic heterocycles. The summed E-state index contributed by atoms with van der Waals surface area (Å²) < 4.78 is 4.25. The molecule has 1 unspecified atom stereocenters. The number of ether oxygens (including phenoxy) is 1. The van der Waals surface area contributed by atoms with Crippen molar-refractivity contribution >= 4 is 18.0 Å². The molecule has 8 heteroatoms. The molecule has 88 valence electrons. The Labute approximate surface area is 90.9 Å². The second kappa shape index (κ2) is 4.19. The van der Waals surface area contributed by atoms with E-state index in [0.717, 1.165) is 7.11 Å². The molecule has 1 aliphatic heterocycles. The van der Waals surface area contributed by atoms with E-state index in [-0.39, 0.29) is 5.70 Å². The van der Waals surface area contributed by atoms with Gasteiger partial charge in [-0.1, -0.05) is 6.58 Å². The Morgan fingerprint density at radius 2 is 2.06 bits per heavy atom. The molecule has 0 aromatic rings. The number of imide groups is 1. The van der Waals surface area contributed by atoms with Crippen LogP contribution in [0.3, 0.4) is 0 Å². The molecule has 1 atom stereocenters. The summed E-state index contributed by atoms with van der Waals surface area (Å²) in [5.74, 6) is -0.738. The number of nitrogens with one attached hydrogen (secondary N) is 3. The van der Waals surface area contributed by atoms with Crippen molar-refractivity contribution in [3.63, 3.8) is 0 Å². The monoisotopic (exact) mass is 229 g/mol. The predicted octanol–water partition coefficient (Wildman–Crippen LogP) is -0.614. The van der Waals surface area contributed by atoms with E-state index >= 15 is 0 Å². The zero-order valence-electron chi connectivity index (χ0n) is 8.75. The molecular weight excluding hydrogens is 218 g/mol. The van der Waals surface area contributed by atoms with Crippen LogP contribution in [0, 0.1) is 0 Å². The number of carbonyl (C=O) groups excluding carboxylic acids is 3. The van der Waals surface area contributed by atoms with Gasteiger partial charge in [0, 0.05) is 0 Å². The third kappa shape index (κ3) is 2.11. The molecule has 1 fully saturated rings. The molecule has 0 radical (unpaired) electrons. The van der Waals surface area contributed by atoms with E-state index in [9.17, 15) is 14.4 Å². The molecule has 16 heavy (non-hydrogen) atoms. The summed E-state index contributed by atoms with van der Waals surface area (Å²) >= 11 is 0. The maximum Gasteiger partial charge on any atom is 0.431 e. The van der Waals surface area contributed by atoms with Gasteiger partial charge in [0.2, 0.25) is 5.60 Å². The van der Waals surface area contributed by atoms with Crippen molar-refractivity contribution in [3.05, 3.63) is 12.3 Å². The van der Waals surface area contributed by atoms with Gasteiger partial charge in [-0.15, -0.1) is 0 Å². The number of hydrogen-bond donors (Lipinski definition) is 3. The SMILES string of the molecule is C=C1NC(=O)NC(=O)C1(C)ONC(=O)OC. The first-order chi connectivity index (χ1) is 7.40. The Kier molecular flexibility index (Phi) is 3.14. The first kappa shape index (κ1) is 12.0. The Morgan fingerprint density at radius 3 is 2.56 bits per heavy atom. The van der Waals surface area contributed by atoms with E-state index in [1.165, 1.54) is 6.92 Å². The van der Waals surface area contributed by atoms with Crippen LogP contribution in [0.4, 0.5) is 9.59 Å². The largest absolute Gasteiger partial charge is 0.451 e. The van der Waals surface area contributed by atoms with E-state index in [4.69, 9.17) is 4.84 Å². The minimum absolute atomic E-state index is 0.0117. The first-order valence-corrected chi connectivity index (χ1v) is 4.24. The molecule has 1 aliphatic rings. The van der Waals surface area contributed by atoms with Gasteiger partial charge in [-0.05, 0) is 6.92 Å². The van der Waals surface area contributed by atoms with Gasteiger partial charge in [-0.25, -0.2) is 14.4 Å². The highest BCUT2D eigenvalue weighted by Gasteiger charge is 2.44. The zero-order valence-corrected chi connectivity index (χ0v) is 8.75. The minimum atomic E-state index is -1.58. The van der Waals surface area contributed by atoms with E-state index in [1.54, 1.807) is 0 Å². The first-order valence-electron chi connectivity index (χ1n) is 4.24. The molecule has 0 spiro atoms. The van der Waals surface area contributed by atoms with Gasteiger partial charge in [0.05, 0.1) is 12.8 Å². The average Bonchev–Trinajstić information content (AvgIpc) is 2.22. The Balaban J connectivity index is 2.74. The van der Waals surface area contributed by atoms with Gasteiger partial charge >= 0.3 is 12.1 Å². The van der Waals surface area contributed by atoms with Crippen molar-refractivity contribution in [2.24, 2.45) is 0 Å². The standard InChI is InChI=1S/C8H11N3O5/c1-4-8(2,16-11-7(14)15-3)5(12)10-6(13)9-4/h1H2,2-3H3,(H,11,14)(H2,9,10,12,13). The van der Waals surface area contributed by atoms with Gasteiger partial charge in [-0.2, -0.15) is 5.48 Å². The van der Waals surface area contributed by atoms with Crippen molar-refractivity contribution in [1.82, 2.24) is 16.1 Å². The van der Waals surface area contributed by atoms with E-state index in [0.29, 0.717) is 0 Å². The molecule has 1 heterocycles. The average molecular weight is 229 g/mol. The highest BCUT2D eigenvalue weighted by atomic mass is 16.7. The maximum atomic E-state index is 11.5. The van der Waals surface area contributed by atoms with Gasteiger partial charge in [0.15, 0.2) is 0 Å². The second-order valence-corrected chi connectivity index (χ2v) is 3.12. The molecule has 4 amide bonds. The Morgan fingerprint density at radius 1 is 1.44 bits per heavy atom. The van der Waals surface area contributed by atoms with E-state index in [1.807, 2.05) is 10.8 Å². The fourth-order valence-corrected chi connectivity index (χ4v) is 0.940. The number of amides is 4. The quantitative estimate of drug-likeness (QED) is 0.547. The van der Waals surface area contributed by atoms with Crippen LogP contribution in [-0.2, 0) is 14.4 Å². The van der Waals surface area contributed by atoms with Crippen molar-refractivity contribution in [3.8, 4) is 0 Å².